The molecule has 0 atom stereocenters. The molecule has 2 nitrogen and oxygen atoms in total. The van der Waals surface area contributed by atoms with Crippen LogP contribution < -0.4 is 0 Å². The van der Waals surface area contributed by atoms with Crippen molar-refractivity contribution in [2.45, 2.75) is 0 Å². The first-order chi connectivity index (χ1) is 3.63. The molecule has 0 unspecified atom stereocenters. The number of nitrogens with zero attached hydrogens (tertiary/aromatic N) is 2. The summed E-state index contributed by atoms with van der Waals surface area (Å²) in [7, 11) is 8.35. The first-order valence-corrected chi connectivity index (χ1v) is 2.92. The van der Waals surface area contributed by atoms with Crippen LogP contribution >= 0.6 is 12.4 Å². The van der Waals surface area contributed by atoms with E-state index in [1.54, 1.807) is 0 Å². The van der Waals surface area contributed by atoms with E-state index in [9.17, 15) is 0 Å². The van der Waals surface area contributed by atoms with Gasteiger partial charge in [0.15, 0.2) is 0 Å². The molecule has 0 aromatic carbocycles. The van der Waals surface area contributed by atoms with Gasteiger partial charge in [0.2, 0.25) is 0 Å². The van der Waals surface area contributed by atoms with Gasteiger partial charge in [0.1, 0.15) is 0 Å². The Labute approximate surface area is 64.2 Å². The van der Waals surface area contributed by atoms with Crippen LogP contribution in [0.25, 0.3) is 0 Å². The largest absolute Gasteiger partial charge is 0.308 e. The molecule has 0 aromatic heterocycles. The van der Waals surface area contributed by atoms with E-state index >= 15 is 0 Å². The zero-order chi connectivity index (χ0) is 6.57. The Hall–Kier alpha value is 0.210. The van der Waals surface area contributed by atoms with E-state index in [1.165, 1.54) is 0 Å². The van der Waals surface area contributed by atoms with Crippen molar-refractivity contribution in [2.24, 2.45) is 0 Å². The molecule has 0 radical (unpaired) electrons. The second-order valence-electron chi connectivity index (χ2n) is 2.61. The molecule has 0 N–H and O–H groups in total. The first kappa shape index (κ1) is 11.9. The van der Waals surface area contributed by atoms with E-state index in [4.69, 9.17) is 0 Å². The first-order valence-electron chi connectivity index (χ1n) is 2.92. The maximum atomic E-state index is 2.18. The van der Waals surface area contributed by atoms with Crippen molar-refractivity contribution in [3.8, 4) is 0 Å². The van der Waals surface area contributed by atoms with Crippen LogP contribution in [0.1, 0.15) is 0 Å². The van der Waals surface area contributed by atoms with Gasteiger partial charge in [0.25, 0.3) is 0 Å². The smallest absolute Gasteiger partial charge is 0.0103 e. The summed E-state index contributed by atoms with van der Waals surface area (Å²) in [5.41, 5.74) is 0. The summed E-state index contributed by atoms with van der Waals surface area (Å²) >= 11 is 0. The van der Waals surface area contributed by atoms with Crippen LogP contribution in [0.4, 0.5) is 0 Å². The van der Waals surface area contributed by atoms with Gasteiger partial charge in [-0.05, 0) is 28.2 Å². The third-order valence-electron chi connectivity index (χ3n) is 0.994. The average Bonchev–Trinajstić information content (AvgIpc) is 1.61. The van der Waals surface area contributed by atoms with Crippen molar-refractivity contribution >= 4 is 12.4 Å². The molecule has 0 aliphatic carbocycles. The van der Waals surface area contributed by atoms with Crippen LogP contribution in [0, 0.1) is 0 Å². The van der Waals surface area contributed by atoms with Crippen molar-refractivity contribution in [3.63, 3.8) is 0 Å². The molecule has 58 valence electrons. The van der Waals surface area contributed by atoms with Gasteiger partial charge in [-0.1, -0.05) is 0 Å². The van der Waals surface area contributed by atoms with Gasteiger partial charge in [0, 0.05) is 13.1 Å². The number of hydrogen-bond acceptors (Lipinski definition) is 2. The maximum Gasteiger partial charge on any atom is 0.0103 e. The summed E-state index contributed by atoms with van der Waals surface area (Å²) in [6.07, 6.45) is 0. The standard InChI is InChI=1S/C6H16N2.ClH/c1-7(2)5-6-8(3)4;/h5-6H2,1-4H3;1H. The topological polar surface area (TPSA) is 6.48 Å². The quantitative estimate of drug-likeness (QED) is 0.583. The summed E-state index contributed by atoms with van der Waals surface area (Å²) in [4.78, 5) is 4.36. The molecule has 0 saturated heterocycles. The minimum absolute atomic E-state index is 0. The zero-order valence-electron chi connectivity index (χ0n) is 6.72. The van der Waals surface area contributed by atoms with Crippen molar-refractivity contribution in [2.75, 3.05) is 41.3 Å². The highest BCUT2D eigenvalue weighted by molar-refractivity contribution is 5.85. The van der Waals surface area contributed by atoms with E-state index in [-0.39, 0.29) is 12.4 Å². The Morgan fingerprint density at radius 1 is 0.778 bits per heavy atom. The summed E-state index contributed by atoms with van der Waals surface area (Å²) in [5, 5.41) is 0. The monoisotopic (exact) mass is 152 g/mol. The molecule has 0 amide bonds. The van der Waals surface area contributed by atoms with Crippen LogP contribution in [0.2, 0.25) is 0 Å². The van der Waals surface area contributed by atoms with Crippen molar-refractivity contribution in [1.82, 2.24) is 9.80 Å². The molecule has 0 saturated carbocycles. The average molecular weight is 153 g/mol. The molecule has 0 spiro atoms. The van der Waals surface area contributed by atoms with E-state index in [2.05, 4.69) is 38.0 Å². The SMILES string of the molecule is CN(C)CCN(C)C.Cl. The minimum atomic E-state index is 0. The van der Waals surface area contributed by atoms with E-state index in [0.717, 1.165) is 13.1 Å². The lowest BCUT2D eigenvalue weighted by Gasteiger charge is -2.13. The van der Waals surface area contributed by atoms with Gasteiger partial charge in [0.05, 0.1) is 0 Å². The van der Waals surface area contributed by atoms with E-state index in [1.807, 2.05) is 0 Å². The normalized spacial score (nSPS) is 10.0. The lowest BCUT2D eigenvalue weighted by atomic mass is 10.5. The number of halogens is 1. The Balaban J connectivity index is 0. The molecular formula is C6H17ClN2. The number of hydrogen-bond donors (Lipinski definition) is 0. The molecule has 0 aliphatic rings. The molecule has 0 fully saturated rings. The Morgan fingerprint density at radius 2 is 1.00 bits per heavy atom. The molecule has 0 aliphatic heterocycles. The minimum Gasteiger partial charge on any atom is -0.308 e. The third-order valence-corrected chi connectivity index (χ3v) is 0.994. The number of rotatable bonds is 3. The summed E-state index contributed by atoms with van der Waals surface area (Å²) in [6, 6.07) is 0. The lowest BCUT2D eigenvalue weighted by molar-refractivity contribution is 0.320. The van der Waals surface area contributed by atoms with Crippen LogP contribution in [0.3, 0.4) is 0 Å². The summed E-state index contributed by atoms with van der Waals surface area (Å²) < 4.78 is 0. The van der Waals surface area contributed by atoms with Gasteiger partial charge in [-0.3, -0.25) is 0 Å². The molecule has 9 heavy (non-hydrogen) atoms. The van der Waals surface area contributed by atoms with Crippen LogP contribution in [0.15, 0.2) is 0 Å². The van der Waals surface area contributed by atoms with Gasteiger partial charge in [-0.25, -0.2) is 0 Å². The van der Waals surface area contributed by atoms with Crippen molar-refractivity contribution in [1.29, 1.82) is 0 Å². The highest BCUT2D eigenvalue weighted by atomic mass is 35.5. The van der Waals surface area contributed by atoms with Crippen molar-refractivity contribution in [3.05, 3.63) is 0 Å². The Kier molecular flexibility index (Phi) is 8.40. The van der Waals surface area contributed by atoms with Gasteiger partial charge < -0.3 is 9.80 Å². The zero-order valence-corrected chi connectivity index (χ0v) is 7.53. The third kappa shape index (κ3) is 11.7. The van der Waals surface area contributed by atoms with Crippen LogP contribution in [0.5, 0.6) is 0 Å². The second kappa shape index (κ2) is 6.33. The fourth-order valence-corrected chi connectivity index (χ4v) is 0.400. The lowest BCUT2D eigenvalue weighted by Crippen LogP contribution is -2.25. The Bertz CT molecular complexity index is 47.0. The molecule has 0 aromatic rings. The second-order valence-corrected chi connectivity index (χ2v) is 2.61. The highest BCUT2D eigenvalue weighted by Crippen LogP contribution is 1.76. The van der Waals surface area contributed by atoms with Gasteiger partial charge in [-0.15, -0.1) is 12.4 Å². The summed E-state index contributed by atoms with van der Waals surface area (Å²) in [5.74, 6) is 0. The maximum absolute atomic E-state index is 2.18. The van der Waals surface area contributed by atoms with Gasteiger partial charge in [-0.2, -0.15) is 0 Å². The van der Waals surface area contributed by atoms with E-state index < -0.39 is 0 Å². The highest BCUT2D eigenvalue weighted by Gasteiger charge is 1.89. The van der Waals surface area contributed by atoms with Crippen molar-refractivity contribution < 1.29 is 0 Å². The number of likely N-dealkylation sites (N-methyl/N-ethyl adjacent to an activating group) is 2. The molecular weight excluding hydrogens is 136 g/mol. The molecule has 0 heterocycles. The molecule has 3 heteroatoms. The van der Waals surface area contributed by atoms with Crippen LogP contribution in [-0.4, -0.2) is 51.1 Å². The fraction of sp³-hybridized carbons (Fsp3) is 1.00. The predicted octanol–water partition coefficient (Wildman–Crippen LogP) is 0.531. The molecule has 0 rings (SSSR count). The Morgan fingerprint density at radius 3 is 1.11 bits per heavy atom. The van der Waals surface area contributed by atoms with Crippen LogP contribution in [-0.2, 0) is 0 Å². The van der Waals surface area contributed by atoms with E-state index in [0.29, 0.717) is 0 Å². The van der Waals surface area contributed by atoms with Gasteiger partial charge >= 0.3 is 0 Å². The molecule has 0 bridgehead atoms. The predicted molar refractivity (Wildman–Crippen MR) is 44.4 cm³/mol. The fourth-order valence-electron chi connectivity index (χ4n) is 0.400. The summed E-state index contributed by atoms with van der Waals surface area (Å²) in [6.45, 7) is 2.29.